The van der Waals surface area contributed by atoms with Gasteiger partial charge in [0, 0.05) is 27.2 Å². The molecule has 1 unspecified atom stereocenters. The molecular formula is C17H24F3N3O4S. The van der Waals surface area contributed by atoms with Crippen LogP contribution in [0.2, 0.25) is 0 Å². The highest BCUT2D eigenvalue weighted by atomic mass is 32.2. The molecule has 0 aromatic heterocycles. The summed E-state index contributed by atoms with van der Waals surface area (Å²) >= 11 is 0. The third kappa shape index (κ3) is 6.08. The molecule has 158 valence electrons. The van der Waals surface area contributed by atoms with Gasteiger partial charge >= 0.3 is 6.36 Å². The van der Waals surface area contributed by atoms with E-state index in [1.54, 1.807) is 14.1 Å². The molecule has 0 aliphatic carbocycles. The van der Waals surface area contributed by atoms with E-state index in [4.69, 9.17) is 0 Å². The fourth-order valence-electron chi connectivity index (χ4n) is 3.12. The summed E-state index contributed by atoms with van der Waals surface area (Å²) in [5.74, 6) is -0.769. The number of likely N-dealkylation sites (tertiary alicyclic amines) is 1. The van der Waals surface area contributed by atoms with Crippen LogP contribution in [0.4, 0.5) is 13.2 Å². The van der Waals surface area contributed by atoms with Crippen molar-refractivity contribution in [2.24, 2.45) is 0 Å². The summed E-state index contributed by atoms with van der Waals surface area (Å²) in [6.07, 6.45) is -2.93. The van der Waals surface area contributed by atoms with E-state index >= 15 is 0 Å². The van der Waals surface area contributed by atoms with Crippen LogP contribution in [0.15, 0.2) is 29.2 Å². The smallest absolute Gasteiger partial charge is 0.404 e. The first-order valence-electron chi connectivity index (χ1n) is 8.81. The van der Waals surface area contributed by atoms with Gasteiger partial charge in [0.25, 0.3) is 0 Å². The third-order valence-electron chi connectivity index (χ3n) is 4.37. The summed E-state index contributed by atoms with van der Waals surface area (Å²) in [5, 5.41) is 0. The molecule has 2 rings (SSSR count). The number of para-hydroxylation sites is 1. The number of nitrogens with one attached hydrogen (secondary N) is 1. The summed E-state index contributed by atoms with van der Waals surface area (Å²) in [7, 11) is -0.795. The number of sulfonamides is 1. The Morgan fingerprint density at radius 3 is 2.64 bits per heavy atom. The normalized spacial score (nSPS) is 18.2. The zero-order valence-electron chi connectivity index (χ0n) is 15.7. The van der Waals surface area contributed by atoms with Crippen molar-refractivity contribution >= 4 is 15.9 Å². The van der Waals surface area contributed by atoms with E-state index in [0.29, 0.717) is 13.0 Å². The van der Waals surface area contributed by atoms with Crippen molar-refractivity contribution < 1.29 is 31.1 Å². The van der Waals surface area contributed by atoms with E-state index in [9.17, 15) is 26.4 Å². The molecule has 1 aliphatic rings. The second-order valence-electron chi connectivity index (χ2n) is 6.67. The largest absolute Gasteiger partial charge is 0.573 e. The maximum Gasteiger partial charge on any atom is 0.573 e. The number of carbonyl (C=O) groups excluding carboxylic acids is 1. The third-order valence-corrected chi connectivity index (χ3v) is 5.87. The number of halogens is 3. The Morgan fingerprint density at radius 1 is 1.32 bits per heavy atom. The molecule has 1 N–H and O–H groups in total. The van der Waals surface area contributed by atoms with E-state index in [2.05, 4.69) is 9.46 Å². The van der Waals surface area contributed by atoms with E-state index < -0.39 is 27.0 Å². The molecule has 28 heavy (non-hydrogen) atoms. The molecule has 0 bridgehead atoms. The Balaban J connectivity index is 1.93. The number of ether oxygens (including phenoxy) is 1. The number of hydrogen-bond donors (Lipinski definition) is 1. The quantitative estimate of drug-likeness (QED) is 0.646. The second kappa shape index (κ2) is 9.10. The van der Waals surface area contributed by atoms with E-state index in [1.165, 1.54) is 17.0 Å². The minimum Gasteiger partial charge on any atom is -0.404 e. The number of alkyl halides is 3. The first-order valence-corrected chi connectivity index (χ1v) is 10.3. The number of amides is 1. The van der Waals surface area contributed by atoms with Crippen molar-refractivity contribution in [1.29, 1.82) is 0 Å². The summed E-state index contributed by atoms with van der Waals surface area (Å²) < 4.78 is 68.2. The van der Waals surface area contributed by atoms with Crippen LogP contribution < -0.4 is 9.46 Å². The van der Waals surface area contributed by atoms with Crippen LogP contribution in [0.1, 0.15) is 19.3 Å². The van der Waals surface area contributed by atoms with Crippen molar-refractivity contribution in [3.8, 4) is 5.75 Å². The van der Waals surface area contributed by atoms with Crippen molar-refractivity contribution in [3.63, 3.8) is 0 Å². The Morgan fingerprint density at radius 2 is 2.00 bits per heavy atom. The SMILES string of the molecule is CN(C)C(=O)C1CCCN1CCCNS(=O)(=O)c1ccccc1OC(F)(F)F. The topological polar surface area (TPSA) is 79.0 Å². The summed E-state index contributed by atoms with van der Waals surface area (Å²) in [6, 6.07) is 4.36. The predicted molar refractivity (Wildman–Crippen MR) is 96.2 cm³/mol. The number of likely N-dealkylation sites (N-methyl/N-ethyl adjacent to an activating group) is 1. The molecule has 1 fully saturated rings. The van der Waals surface area contributed by atoms with Crippen LogP contribution in [0, 0.1) is 0 Å². The highest BCUT2D eigenvalue weighted by Gasteiger charge is 2.34. The molecule has 0 saturated carbocycles. The van der Waals surface area contributed by atoms with Gasteiger partial charge in [0.2, 0.25) is 15.9 Å². The molecule has 1 saturated heterocycles. The molecule has 1 aliphatic heterocycles. The Hall–Kier alpha value is -1.85. The molecule has 11 heteroatoms. The van der Waals surface area contributed by atoms with Gasteiger partial charge < -0.3 is 9.64 Å². The van der Waals surface area contributed by atoms with Crippen LogP contribution in [0.5, 0.6) is 5.75 Å². The Labute approximate surface area is 162 Å². The lowest BCUT2D eigenvalue weighted by Crippen LogP contribution is -2.43. The fourth-order valence-corrected chi connectivity index (χ4v) is 4.32. The highest BCUT2D eigenvalue weighted by molar-refractivity contribution is 7.89. The van der Waals surface area contributed by atoms with E-state index in [1.807, 2.05) is 4.90 Å². The van der Waals surface area contributed by atoms with Crippen LogP contribution >= 0.6 is 0 Å². The standard InChI is InChI=1S/C17H24F3N3O4S/c1-22(2)16(24)13-7-5-11-23(13)12-6-10-21-28(25,26)15-9-4-3-8-14(15)27-17(18,19)20/h3-4,8-9,13,21H,5-7,10-12H2,1-2H3. The van der Waals surface area contributed by atoms with Gasteiger partial charge in [-0.25, -0.2) is 13.1 Å². The van der Waals surface area contributed by atoms with Gasteiger partial charge in [0.05, 0.1) is 6.04 Å². The van der Waals surface area contributed by atoms with Crippen molar-refractivity contribution in [2.45, 2.75) is 36.6 Å². The fraction of sp³-hybridized carbons (Fsp3) is 0.588. The van der Waals surface area contributed by atoms with E-state index in [-0.39, 0.29) is 18.5 Å². The monoisotopic (exact) mass is 423 g/mol. The molecule has 0 spiro atoms. The maximum absolute atomic E-state index is 12.5. The van der Waals surface area contributed by atoms with Crippen molar-refractivity contribution in [1.82, 2.24) is 14.5 Å². The predicted octanol–water partition coefficient (Wildman–Crippen LogP) is 1.81. The van der Waals surface area contributed by atoms with Gasteiger partial charge in [-0.15, -0.1) is 13.2 Å². The minimum atomic E-state index is -4.99. The number of carbonyl (C=O) groups is 1. The van der Waals surface area contributed by atoms with Gasteiger partial charge in [-0.05, 0) is 37.9 Å². The van der Waals surface area contributed by atoms with Gasteiger partial charge in [-0.1, -0.05) is 12.1 Å². The second-order valence-corrected chi connectivity index (χ2v) is 8.41. The minimum absolute atomic E-state index is 0.0105. The summed E-state index contributed by atoms with van der Waals surface area (Å²) in [6.45, 7) is 1.29. The molecule has 0 radical (unpaired) electrons. The molecule has 7 nitrogen and oxygen atoms in total. The summed E-state index contributed by atoms with van der Waals surface area (Å²) in [5.41, 5.74) is 0. The molecule has 1 heterocycles. The number of rotatable bonds is 8. The average Bonchev–Trinajstić information content (AvgIpc) is 3.05. The summed E-state index contributed by atoms with van der Waals surface area (Å²) in [4.78, 5) is 15.1. The van der Waals surface area contributed by atoms with Gasteiger partial charge in [-0.2, -0.15) is 0 Å². The Bertz CT molecular complexity index is 784. The molecular weight excluding hydrogens is 399 g/mol. The lowest BCUT2D eigenvalue weighted by molar-refractivity contribution is -0.275. The van der Waals surface area contributed by atoms with Crippen LogP contribution in [-0.4, -0.2) is 70.3 Å². The molecule has 1 amide bonds. The van der Waals surface area contributed by atoms with Crippen LogP contribution in [0.3, 0.4) is 0 Å². The van der Waals surface area contributed by atoms with Crippen LogP contribution in [-0.2, 0) is 14.8 Å². The molecule has 1 atom stereocenters. The molecule has 1 aromatic rings. The first-order chi connectivity index (χ1) is 13.0. The lowest BCUT2D eigenvalue weighted by Gasteiger charge is -2.26. The Kier molecular flexibility index (Phi) is 7.29. The first kappa shape index (κ1) is 22.4. The van der Waals surface area contributed by atoms with Crippen molar-refractivity contribution in [3.05, 3.63) is 24.3 Å². The van der Waals surface area contributed by atoms with E-state index in [0.717, 1.165) is 31.5 Å². The number of hydrogen-bond acceptors (Lipinski definition) is 5. The number of nitrogens with zero attached hydrogens (tertiary/aromatic N) is 2. The highest BCUT2D eigenvalue weighted by Crippen LogP contribution is 2.29. The lowest BCUT2D eigenvalue weighted by atomic mass is 10.2. The maximum atomic E-state index is 12.5. The van der Waals surface area contributed by atoms with Gasteiger partial charge in [-0.3, -0.25) is 9.69 Å². The van der Waals surface area contributed by atoms with Crippen LogP contribution in [0.25, 0.3) is 0 Å². The molecule has 1 aromatic carbocycles. The van der Waals surface area contributed by atoms with Gasteiger partial charge in [0.1, 0.15) is 10.6 Å². The van der Waals surface area contributed by atoms with Gasteiger partial charge in [0.15, 0.2) is 0 Å². The van der Waals surface area contributed by atoms with Crippen molar-refractivity contribution in [2.75, 3.05) is 33.7 Å². The zero-order valence-corrected chi connectivity index (χ0v) is 16.5. The number of benzene rings is 1. The average molecular weight is 423 g/mol. The zero-order chi connectivity index (χ0) is 20.9.